The van der Waals surface area contributed by atoms with Crippen LogP contribution in [-0.4, -0.2) is 30.3 Å². The van der Waals surface area contributed by atoms with Crippen molar-refractivity contribution in [1.82, 2.24) is 5.32 Å². The van der Waals surface area contributed by atoms with Crippen LogP contribution in [0, 0.1) is 23.5 Å². The molecule has 0 unspecified atom stereocenters. The number of ether oxygens (including phenoxy) is 1. The van der Waals surface area contributed by atoms with Crippen molar-refractivity contribution in [3.05, 3.63) is 65.7 Å². The topological polar surface area (TPSA) is 58.6 Å². The molecule has 24 heavy (non-hydrogen) atoms. The molecule has 0 saturated heterocycles. The Morgan fingerprint density at radius 1 is 1.17 bits per heavy atom. The van der Waals surface area contributed by atoms with E-state index in [2.05, 4.69) is 17.2 Å². The first-order valence-corrected chi connectivity index (χ1v) is 7.15. The molecule has 0 spiro atoms. The van der Waals surface area contributed by atoms with Crippen LogP contribution < -0.4 is 10.1 Å². The molecule has 2 rings (SSSR count). The van der Waals surface area contributed by atoms with Crippen molar-refractivity contribution in [1.29, 1.82) is 0 Å². The van der Waals surface area contributed by atoms with Gasteiger partial charge in [-0.1, -0.05) is 24.1 Å². The fourth-order valence-corrected chi connectivity index (χ4v) is 1.72. The third-order valence-corrected chi connectivity index (χ3v) is 2.93. The molecule has 0 radical (unpaired) electrons. The van der Waals surface area contributed by atoms with Crippen molar-refractivity contribution in [2.45, 2.75) is 6.10 Å². The summed E-state index contributed by atoms with van der Waals surface area (Å²) >= 11 is 0. The normalized spacial score (nSPS) is 11.1. The van der Waals surface area contributed by atoms with Gasteiger partial charge in [-0.05, 0) is 24.3 Å². The highest BCUT2D eigenvalue weighted by Gasteiger charge is 2.08. The van der Waals surface area contributed by atoms with Crippen LogP contribution in [0.3, 0.4) is 0 Å². The van der Waals surface area contributed by atoms with Gasteiger partial charge in [-0.25, -0.2) is 8.78 Å². The van der Waals surface area contributed by atoms with Crippen LogP contribution >= 0.6 is 0 Å². The maximum atomic E-state index is 13.0. The maximum Gasteiger partial charge on any atom is 0.296 e. The minimum atomic E-state index is -1.04. The van der Waals surface area contributed by atoms with Crippen molar-refractivity contribution in [3.63, 3.8) is 0 Å². The number of halogens is 2. The molecule has 0 aliphatic rings. The summed E-state index contributed by atoms with van der Waals surface area (Å²) in [5.74, 6) is 2.62. The summed E-state index contributed by atoms with van der Waals surface area (Å²) < 4.78 is 30.9. The highest BCUT2D eigenvalue weighted by atomic mass is 19.2. The average molecular weight is 331 g/mol. The van der Waals surface area contributed by atoms with Gasteiger partial charge < -0.3 is 15.2 Å². The van der Waals surface area contributed by atoms with Crippen molar-refractivity contribution >= 4 is 5.91 Å². The Hall–Kier alpha value is -2.91. The standard InChI is InChI=1S/C18H15F2NO3/c19-16-8-7-15(10-17(16)20)24-12-14(22)11-21-18(23)9-6-13-4-2-1-3-5-13/h1-5,7-8,10,14,22H,11-12H2,(H,21,23)/t14-/m0/s1. The van der Waals surface area contributed by atoms with E-state index in [1.807, 2.05) is 6.07 Å². The first kappa shape index (κ1) is 17.4. The second-order valence-corrected chi connectivity index (χ2v) is 4.87. The van der Waals surface area contributed by atoms with Gasteiger partial charge in [0.25, 0.3) is 5.91 Å². The molecule has 2 N–H and O–H groups in total. The van der Waals surface area contributed by atoms with Crippen LogP contribution in [0.1, 0.15) is 5.56 Å². The lowest BCUT2D eigenvalue weighted by molar-refractivity contribution is -0.116. The Morgan fingerprint density at radius 2 is 1.92 bits per heavy atom. The Bertz CT molecular complexity index is 754. The summed E-state index contributed by atoms with van der Waals surface area (Å²) in [6.07, 6.45) is -1.01. The molecule has 0 aromatic heterocycles. The quantitative estimate of drug-likeness (QED) is 0.823. The van der Waals surface area contributed by atoms with Crippen LogP contribution in [0.15, 0.2) is 48.5 Å². The fourth-order valence-electron chi connectivity index (χ4n) is 1.72. The minimum Gasteiger partial charge on any atom is -0.491 e. The zero-order chi connectivity index (χ0) is 17.4. The number of hydrogen-bond acceptors (Lipinski definition) is 3. The molecule has 6 heteroatoms. The van der Waals surface area contributed by atoms with Crippen LogP contribution in [0.25, 0.3) is 0 Å². The molecular formula is C18H15F2NO3. The summed E-state index contributed by atoms with van der Waals surface area (Å²) in [6, 6.07) is 12.0. The lowest BCUT2D eigenvalue weighted by atomic mass is 10.2. The van der Waals surface area contributed by atoms with E-state index in [0.717, 1.165) is 12.1 Å². The molecule has 0 fully saturated rings. The van der Waals surface area contributed by atoms with E-state index in [-0.39, 0.29) is 18.9 Å². The van der Waals surface area contributed by atoms with Gasteiger partial charge in [-0.15, -0.1) is 0 Å². The van der Waals surface area contributed by atoms with Crippen LogP contribution in [0.4, 0.5) is 8.78 Å². The van der Waals surface area contributed by atoms with E-state index in [1.54, 1.807) is 24.3 Å². The minimum absolute atomic E-state index is 0.0774. The molecule has 4 nitrogen and oxygen atoms in total. The molecule has 0 heterocycles. The average Bonchev–Trinajstić information content (AvgIpc) is 2.60. The van der Waals surface area contributed by atoms with E-state index in [4.69, 9.17) is 4.74 Å². The molecule has 2 aromatic carbocycles. The van der Waals surface area contributed by atoms with Gasteiger partial charge in [0.1, 0.15) is 18.5 Å². The van der Waals surface area contributed by atoms with Gasteiger partial charge in [0, 0.05) is 24.1 Å². The predicted octanol–water partition coefficient (Wildman–Crippen LogP) is 1.87. The fraction of sp³-hybridized carbons (Fsp3) is 0.167. The maximum absolute atomic E-state index is 13.0. The van der Waals surface area contributed by atoms with Crippen molar-refractivity contribution in [2.75, 3.05) is 13.2 Å². The van der Waals surface area contributed by atoms with E-state index in [0.29, 0.717) is 5.56 Å². The van der Waals surface area contributed by atoms with E-state index in [9.17, 15) is 18.7 Å². The molecule has 0 aliphatic carbocycles. The molecule has 1 amide bonds. The summed E-state index contributed by atoms with van der Waals surface area (Å²) in [5.41, 5.74) is 0.704. The number of aliphatic hydroxyl groups is 1. The Balaban J connectivity index is 1.74. The number of rotatable bonds is 5. The van der Waals surface area contributed by atoms with Gasteiger partial charge in [0.05, 0.1) is 0 Å². The summed E-state index contributed by atoms with van der Waals surface area (Å²) in [4.78, 5) is 11.5. The SMILES string of the molecule is O=C(C#Cc1ccccc1)NC[C@H](O)COc1ccc(F)c(F)c1. The van der Waals surface area contributed by atoms with E-state index >= 15 is 0 Å². The smallest absolute Gasteiger partial charge is 0.296 e. The molecule has 1 atom stereocenters. The summed E-state index contributed by atoms with van der Waals surface area (Å²) in [7, 11) is 0. The highest BCUT2D eigenvalue weighted by Crippen LogP contribution is 2.15. The predicted molar refractivity (Wildman–Crippen MR) is 84.2 cm³/mol. The third kappa shape index (κ3) is 5.71. The van der Waals surface area contributed by atoms with Crippen LogP contribution in [0.2, 0.25) is 0 Å². The molecular weight excluding hydrogens is 316 g/mol. The highest BCUT2D eigenvalue weighted by molar-refractivity contribution is 5.94. The monoisotopic (exact) mass is 331 g/mol. The lowest BCUT2D eigenvalue weighted by Crippen LogP contribution is -2.34. The van der Waals surface area contributed by atoms with E-state index < -0.39 is 23.6 Å². The van der Waals surface area contributed by atoms with Gasteiger partial charge in [0.2, 0.25) is 0 Å². The van der Waals surface area contributed by atoms with Crippen molar-refractivity contribution in [2.24, 2.45) is 0 Å². The molecule has 0 aliphatic heterocycles. The third-order valence-electron chi connectivity index (χ3n) is 2.93. The van der Waals surface area contributed by atoms with Crippen molar-refractivity contribution < 1.29 is 23.4 Å². The summed E-state index contributed by atoms with van der Waals surface area (Å²) in [6.45, 7) is -0.260. The second kappa shape index (κ2) is 8.65. The Labute approximate surface area is 138 Å². The van der Waals surface area contributed by atoms with E-state index in [1.165, 1.54) is 6.07 Å². The molecule has 124 valence electrons. The molecule has 2 aromatic rings. The summed E-state index contributed by atoms with van der Waals surface area (Å²) in [5, 5.41) is 12.1. The number of hydrogen-bond donors (Lipinski definition) is 2. The molecule has 0 saturated carbocycles. The Kier molecular flexibility index (Phi) is 6.29. The number of aliphatic hydroxyl groups excluding tert-OH is 1. The zero-order valence-corrected chi connectivity index (χ0v) is 12.6. The Morgan fingerprint density at radius 3 is 2.62 bits per heavy atom. The largest absolute Gasteiger partial charge is 0.491 e. The van der Waals surface area contributed by atoms with Gasteiger partial charge in [-0.2, -0.15) is 0 Å². The van der Waals surface area contributed by atoms with Crippen molar-refractivity contribution in [3.8, 4) is 17.6 Å². The first-order valence-electron chi connectivity index (χ1n) is 7.15. The number of carbonyl (C=O) groups is 1. The number of benzene rings is 2. The van der Waals surface area contributed by atoms with Crippen LogP contribution in [-0.2, 0) is 4.79 Å². The number of nitrogens with one attached hydrogen (secondary N) is 1. The lowest BCUT2D eigenvalue weighted by Gasteiger charge is -2.12. The van der Waals surface area contributed by atoms with Gasteiger partial charge in [-0.3, -0.25) is 4.79 Å². The number of carbonyl (C=O) groups excluding carboxylic acids is 1. The second-order valence-electron chi connectivity index (χ2n) is 4.87. The molecule has 0 bridgehead atoms. The van der Waals surface area contributed by atoms with Gasteiger partial charge >= 0.3 is 0 Å². The van der Waals surface area contributed by atoms with Gasteiger partial charge in [0.15, 0.2) is 11.6 Å². The number of amides is 1. The zero-order valence-electron chi connectivity index (χ0n) is 12.6. The first-order chi connectivity index (χ1) is 11.5. The van der Waals surface area contributed by atoms with Crippen LogP contribution in [0.5, 0.6) is 5.75 Å².